The zero-order valence-corrected chi connectivity index (χ0v) is 17.8. The fourth-order valence-corrected chi connectivity index (χ4v) is 3.66. The zero-order valence-electron chi connectivity index (χ0n) is 17.8. The van der Waals surface area contributed by atoms with Gasteiger partial charge in [-0.25, -0.2) is 4.98 Å². The molecule has 1 saturated heterocycles. The van der Waals surface area contributed by atoms with E-state index in [0.29, 0.717) is 18.5 Å². The van der Waals surface area contributed by atoms with E-state index < -0.39 is 0 Å². The lowest BCUT2D eigenvalue weighted by Crippen LogP contribution is -2.48. The summed E-state index contributed by atoms with van der Waals surface area (Å²) < 4.78 is 5.78. The Morgan fingerprint density at radius 1 is 1.13 bits per heavy atom. The monoisotopic (exact) mass is 408 g/mol. The molecule has 30 heavy (non-hydrogen) atoms. The molecule has 2 aromatic heterocycles. The van der Waals surface area contributed by atoms with E-state index in [1.165, 1.54) is 12.8 Å². The third kappa shape index (κ3) is 6.42. The number of guanidine groups is 1. The van der Waals surface area contributed by atoms with Crippen molar-refractivity contribution in [1.82, 2.24) is 25.5 Å². The number of likely N-dealkylation sites (tertiary alicyclic amines) is 1. The van der Waals surface area contributed by atoms with Gasteiger partial charge in [-0.15, -0.1) is 0 Å². The van der Waals surface area contributed by atoms with E-state index >= 15 is 0 Å². The normalized spacial score (nSPS) is 18.2. The summed E-state index contributed by atoms with van der Waals surface area (Å²) in [5.74, 6) is 2.28. The van der Waals surface area contributed by atoms with Gasteiger partial charge < -0.3 is 15.4 Å². The van der Waals surface area contributed by atoms with Gasteiger partial charge in [0.2, 0.25) is 5.88 Å². The summed E-state index contributed by atoms with van der Waals surface area (Å²) in [4.78, 5) is 15.6. The Morgan fingerprint density at radius 2 is 2.00 bits per heavy atom. The van der Waals surface area contributed by atoms with Crippen LogP contribution in [0.15, 0.2) is 47.7 Å². The van der Waals surface area contributed by atoms with Crippen LogP contribution in [0.25, 0.3) is 0 Å². The van der Waals surface area contributed by atoms with Crippen molar-refractivity contribution in [2.75, 3.05) is 26.7 Å². The lowest BCUT2D eigenvalue weighted by atomic mass is 10.0. The first-order valence-corrected chi connectivity index (χ1v) is 11.0. The van der Waals surface area contributed by atoms with Crippen molar-refractivity contribution in [2.45, 2.75) is 44.8 Å². The van der Waals surface area contributed by atoms with Gasteiger partial charge in [-0.2, -0.15) is 0 Å². The lowest BCUT2D eigenvalue weighted by Gasteiger charge is -2.32. The number of nitrogens with zero attached hydrogens (tertiary/aromatic N) is 4. The van der Waals surface area contributed by atoms with Crippen molar-refractivity contribution >= 4 is 5.96 Å². The van der Waals surface area contributed by atoms with E-state index in [-0.39, 0.29) is 0 Å². The predicted molar refractivity (Wildman–Crippen MR) is 118 cm³/mol. The van der Waals surface area contributed by atoms with Crippen LogP contribution in [0.2, 0.25) is 0 Å². The van der Waals surface area contributed by atoms with Crippen LogP contribution in [0.3, 0.4) is 0 Å². The summed E-state index contributed by atoms with van der Waals surface area (Å²) in [7, 11) is 1.82. The Hall–Kier alpha value is -2.67. The fourth-order valence-electron chi connectivity index (χ4n) is 3.66. The number of hydrogen-bond donors (Lipinski definition) is 2. The van der Waals surface area contributed by atoms with Gasteiger partial charge in [0.1, 0.15) is 0 Å². The SMILES string of the molecule is CN=C(NCc1ccnc(OCC2CC2)c1)NC1CCN(Cc2ccccn2)CC1. The molecule has 0 radical (unpaired) electrons. The number of pyridine rings is 2. The third-order valence-electron chi connectivity index (χ3n) is 5.69. The first-order valence-electron chi connectivity index (χ1n) is 11.0. The molecule has 160 valence electrons. The first kappa shape index (κ1) is 20.6. The molecule has 1 aliphatic heterocycles. The van der Waals surface area contributed by atoms with Gasteiger partial charge in [0, 0.05) is 57.7 Å². The largest absolute Gasteiger partial charge is 0.477 e. The summed E-state index contributed by atoms with van der Waals surface area (Å²) in [5, 5.41) is 6.99. The maximum atomic E-state index is 5.78. The van der Waals surface area contributed by atoms with Gasteiger partial charge in [-0.3, -0.25) is 14.9 Å². The van der Waals surface area contributed by atoms with E-state index in [0.717, 1.165) is 62.2 Å². The van der Waals surface area contributed by atoms with E-state index in [1.54, 1.807) is 0 Å². The zero-order chi connectivity index (χ0) is 20.6. The van der Waals surface area contributed by atoms with Crippen LogP contribution in [-0.4, -0.2) is 53.6 Å². The molecule has 2 aromatic rings. The van der Waals surface area contributed by atoms with Gasteiger partial charge in [-0.05, 0) is 55.4 Å². The molecular formula is C23H32N6O. The van der Waals surface area contributed by atoms with Crippen LogP contribution in [0.4, 0.5) is 0 Å². The molecule has 0 spiro atoms. The third-order valence-corrected chi connectivity index (χ3v) is 5.69. The smallest absolute Gasteiger partial charge is 0.213 e. The molecule has 2 N–H and O–H groups in total. The molecule has 3 heterocycles. The quantitative estimate of drug-likeness (QED) is 0.517. The summed E-state index contributed by atoms with van der Waals surface area (Å²) in [5.41, 5.74) is 2.28. The minimum absolute atomic E-state index is 0.436. The highest BCUT2D eigenvalue weighted by Gasteiger charge is 2.22. The lowest BCUT2D eigenvalue weighted by molar-refractivity contribution is 0.196. The standard InChI is InChI=1S/C23H32N6O/c1-24-23(27-15-19-7-11-26-22(14-19)30-17-18-5-6-18)28-20-8-12-29(13-9-20)16-21-4-2-3-10-25-21/h2-4,7,10-11,14,18,20H,5-6,8-9,12-13,15-17H2,1H3,(H2,24,27,28). The van der Waals surface area contributed by atoms with Crippen LogP contribution in [-0.2, 0) is 13.1 Å². The number of piperidine rings is 1. The highest BCUT2D eigenvalue weighted by Crippen LogP contribution is 2.29. The maximum absolute atomic E-state index is 5.78. The van der Waals surface area contributed by atoms with Crippen LogP contribution < -0.4 is 15.4 Å². The van der Waals surface area contributed by atoms with Gasteiger partial charge >= 0.3 is 0 Å². The Labute approximate surface area is 179 Å². The van der Waals surface area contributed by atoms with Gasteiger partial charge in [-0.1, -0.05) is 6.07 Å². The fraction of sp³-hybridized carbons (Fsp3) is 0.522. The van der Waals surface area contributed by atoms with E-state index in [9.17, 15) is 0 Å². The van der Waals surface area contributed by atoms with Gasteiger partial charge in [0.25, 0.3) is 0 Å². The van der Waals surface area contributed by atoms with Crippen molar-refractivity contribution in [3.63, 3.8) is 0 Å². The number of ether oxygens (including phenoxy) is 1. The Bertz CT molecular complexity index is 815. The molecule has 4 rings (SSSR count). The maximum Gasteiger partial charge on any atom is 0.213 e. The van der Waals surface area contributed by atoms with Gasteiger partial charge in [0.05, 0.1) is 12.3 Å². The molecule has 0 amide bonds. The van der Waals surface area contributed by atoms with E-state index in [2.05, 4.69) is 42.6 Å². The second-order valence-corrected chi connectivity index (χ2v) is 8.20. The Balaban J connectivity index is 1.19. The van der Waals surface area contributed by atoms with Crippen molar-refractivity contribution in [3.8, 4) is 5.88 Å². The molecule has 0 atom stereocenters. The summed E-state index contributed by atoms with van der Waals surface area (Å²) in [6.07, 6.45) is 8.44. The number of aliphatic imine (C=N–C) groups is 1. The molecule has 2 aliphatic rings. The molecular weight excluding hydrogens is 376 g/mol. The number of hydrogen-bond acceptors (Lipinski definition) is 5. The number of aromatic nitrogens is 2. The Morgan fingerprint density at radius 3 is 2.73 bits per heavy atom. The first-order chi connectivity index (χ1) is 14.8. The van der Waals surface area contributed by atoms with Crippen LogP contribution in [0, 0.1) is 5.92 Å². The minimum Gasteiger partial charge on any atom is -0.477 e. The molecule has 7 heteroatoms. The average molecular weight is 409 g/mol. The molecule has 1 aliphatic carbocycles. The molecule has 7 nitrogen and oxygen atoms in total. The molecule has 0 unspecified atom stereocenters. The Kier molecular flexibility index (Phi) is 7.13. The van der Waals surface area contributed by atoms with Gasteiger partial charge in [0.15, 0.2) is 5.96 Å². The second kappa shape index (κ2) is 10.4. The molecule has 0 bridgehead atoms. The van der Waals surface area contributed by atoms with Crippen molar-refractivity contribution in [3.05, 3.63) is 54.0 Å². The van der Waals surface area contributed by atoms with Crippen LogP contribution >= 0.6 is 0 Å². The van der Waals surface area contributed by atoms with E-state index in [1.807, 2.05) is 37.6 Å². The van der Waals surface area contributed by atoms with Crippen molar-refractivity contribution in [1.29, 1.82) is 0 Å². The number of rotatable bonds is 8. The van der Waals surface area contributed by atoms with E-state index in [4.69, 9.17) is 4.74 Å². The van der Waals surface area contributed by atoms with Crippen molar-refractivity contribution in [2.24, 2.45) is 10.9 Å². The highest BCUT2D eigenvalue weighted by molar-refractivity contribution is 5.79. The highest BCUT2D eigenvalue weighted by atomic mass is 16.5. The van der Waals surface area contributed by atoms with Crippen molar-refractivity contribution < 1.29 is 4.74 Å². The molecule has 1 saturated carbocycles. The molecule has 2 fully saturated rings. The number of nitrogens with one attached hydrogen (secondary N) is 2. The van der Waals surface area contributed by atoms with Crippen LogP contribution in [0.5, 0.6) is 5.88 Å². The summed E-state index contributed by atoms with van der Waals surface area (Å²) in [6, 6.07) is 10.6. The summed E-state index contributed by atoms with van der Waals surface area (Å²) >= 11 is 0. The molecule has 0 aromatic carbocycles. The average Bonchev–Trinajstić information content (AvgIpc) is 3.62. The topological polar surface area (TPSA) is 74.7 Å². The van der Waals surface area contributed by atoms with Crippen LogP contribution in [0.1, 0.15) is 36.9 Å². The minimum atomic E-state index is 0.436. The predicted octanol–water partition coefficient (Wildman–Crippen LogP) is 2.59. The second-order valence-electron chi connectivity index (χ2n) is 8.20. The summed E-state index contributed by atoms with van der Waals surface area (Å²) in [6.45, 7) is 4.54.